The van der Waals surface area contributed by atoms with E-state index in [4.69, 9.17) is 19.9 Å². The SMILES string of the molecule is COc1cccc(OCCCN=C(N)NC2CCOc3ccccc32)c1. The maximum Gasteiger partial charge on any atom is 0.189 e. The first-order valence-corrected chi connectivity index (χ1v) is 8.81. The Morgan fingerprint density at radius 1 is 1.23 bits per heavy atom. The van der Waals surface area contributed by atoms with Gasteiger partial charge in [0.15, 0.2) is 5.96 Å². The number of para-hydroxylation sites is 1. The zero-order valence-corrected chi connectivity index (χ0v) is 15.0. The van der Waals surface area contributed by atoms with E-state index < -0.39 is 0 Å². The van der Waals surface area contributed by atoms with Crippen LogP contribution in [0.25, 0.3) is 0 Å². The molecule has 0 amide bonds. The zero-order valence-electron chi connectivity index (χ0n) is 15.0. The Kier molecular flexibility index (Phi) is 6.19. The van der Waals surface area contributed by atoms with Crippen molar-refractivity contribution in [2.75, 3.05) is 26.9 Å². The van der Waals surface area contributed by atoms with Gasteiger partial charge in [-0.15, -0.1) is 0 Å². The summed E-state index contributed by atoms with van der Waals surface area (Å²) in [5, 5.41) is 3.29. The van der Waals surface area contributed by atoms with Crippen molar-refractivity contribution in [1.29, 1.82) is 0 Å². The molecule has 1 aliphatic heterocycles. The topological polar surface area (TPSA) is 78.1 Å². The Bertz CT molecular complexity index is 749. The number of hydrogen-bond acceptors (Lipinski definition) is 4. The molecule has 6 nitrogen and oxygen atoms in total. The smallest absolute Gasteiger partial charge is 0.189 e. The fraction of sp³-hybridized carbons (Fsp3) is 0.350. The number of fused-ring (bicyclic) bond motifs is 1. The predicted octanol–water partition coefficient (Wildman–Crippen LogP) is 2.89. The maximum absolute atomic E-state index is 6.03. The molecule has 26 heavy (non-hydrogen) atoms. The normalized spacial score (nSPS) is 16.3. The molecule has 1 unspecified atom stereocenters. The molecule has 0 radical (unpaired) electrons. The van der Waals surface area contributed by atoms with Gasteiger partial charge in [-0.25, -0.2) is 0 Å². The van der Waals surface area contributed by atoms with Gasteiger partial charge in [0.2, 0.25) is 0 Å². The van der Waals surface area contributed by atoms with Gasteiger partial charge in [-0.05, 0) is 18.2 Å². The fourth-order valence-corrected chi connectivity index (χ4v) is 2.86. The first-order chi connectivity index (χ1) is 12.8. The van der Waals surface area contributed by atoms with E-state index in [0.29, 0.717) is 25.7 Å². The number of hydrogen-bond donors (Lipinski definition) is 2. The third-order valence-corrected chi connectivity index (χ3v) is 4.18. The van der Waals surface area contributed by atoms with E-state index in [9.17, 15) is 0 Å². The number of methoxy groups -OCH3 is 1. The summed E-state index contributed by atoms with van der Waals surface area (Å²) < 4.78 is 16.5. The number of nitrogens with two attached hydrogens (primary N) is 1. The molecule has 0 aromatic heterocycles. The Hall–Kier alpha value is -2.89. The third kappa shape index (κ3) is 4.81. The molecule has 0 bridgehead atoms. The highest BCUT2D eigenvalue weighted by atomic mass is 16.5. The van der Waals surface area contributed by atoms with Crippen LogP contribution < -0.4 is 25.3 Å². The second kappa shape index (κ2) is 8.99. The van der Waals surface area contributed by atoms with Crippen LogP contribution in [0.15, 0.2) is 53.5 Å². The molecule has 0 saturated carbocycles. The molecule has 3 N–H and O–H groups in total. The fourth-order valence-electron chi connectivity index (χ4n) is 2.86. The molecule has 0 fully saturated rings. The molecule has 2 aromatic rings. The summed E-state index contributed by atoms with van der Waals surface area (Å²) in [4.78, 5) is 4.39. The van der Waals surface area contributed by atoms with Crippen LogP contribution in [0.1, 0.15) is 24.4 Å². The number of guanidine groups is 1. The molecule has 3 rings (SSSR count). The first-order valence-electron chi connectivity index (χ1n) is 8.81. The van der Waals surface area contributed by atoms with Gasteiger partial charge in [-0.2, -0.15) is 0 Å². The Balaban J connectivity index is 1.43. The van der Waals surface area contributed by atoms with Crippen molar-refractivity contribution < 1.29 is 14.2 Å². The van der Waals surface area contributed by atoms with Gasteiger partial charge in [0, 0.05) is 31.0 Å². The molecule has 0 aliphatic carbocycles. The summed E-state index contributed by atoms with van der Waals surface area (Å²) in [6.45, 7) is 1.86. The van der Waals surface area contributed by atoms with Crippen LogP contribution in [0.2, 0.25) is 0 Å². The minimum Gasteiger partial charge on any atom is -0.497 e. The van der Waals surface area contributed by atoms with E-state index in [2.05, 4.69) is 16.4 Å². The lowest BCUT2D eigenvalue weighted by Crippen LogP contribution is -2.37. The number of ether oxygens (including phenoxy) is 3. The maximum atomic E-state index is 6.03. The molecule has 0 saturated heterocycles. The lowest BCUT2D eigenvalue weighted by atomic mass is 10.0. The standard InChI is InChI=1S/C20H25N3O3/c1-24-15-6-4-7-16(14-15)25-12-5-11-22-20(21)23-18-10-13-26-19-9-3-2-8-17(18)19/h2-4,6-9,14,18H,5,10-13H2,1H3,(H3,21,22,23). The number of benzene rings is 2. The minimum atomic E-state index is 0.136. The van der Waals surface area contributed by atoms with Crippen LogP contribution in [0, 0.1) is 0 Å². The van der Waals surface area contributed by atoms with Gasteiger partial charge in [0.05, 0.1) is 26.4 Å². The average Bonchev–Trinajstić information content (AvgIpc) is 2.68. The van der Waals surface area contributed by atoms with Crippen molar-refractivity contribution in [2.45, 2.75) is 18.9 Å². The highest BCUT2D eigenvalue weighted by Gasteiger charge is 2.21. The molecule has 6 heteroatoms. The van der Waals surface area contributed by atoms with Gasteiger partial charge in [0.1, 0.15) is 17.2 Å². The summed E-state index contributed by atoms with van der Waals surface area (Å²) in [7, 11) is 1.64. The van der Waals surface area contributed by atoms with E-state index in [1.807, 2.05) is 42.5 Å². The summed E-state index contributed by atoms with van der Waals surface area (Å²) >= 11 is 0. The summed E-state index contributed by atoms with van der Waals surface area (Å²) in [6, 6.07) is 15.7. The largest absolute Gasteiger partial charge is 0.497 e. The van der Waals surface area contributed by atoms with Crippen molar-refractivity contribution in [3.8, 4) is 17.2 Å². The number of nitrogens with zero attached hydrogens (tertiary/aromatic N) is 1. The molecule has 1 heterocycles. The van der Waals surface area contributed by atoms with Crippen molar-refractivity contribution in [1.82, 2.24) is 5.32 Å². The first kappa shape index (κ1) is 17.9. The highest BCUT2D eigenvalue weighted by molar-refractivity contribution is 5.78. The molecule has 2 aromatic carbocycles. The van der Waals surface area contributed by atoms with E-state index in [0.717, 1.165) is 35.7 Å². The van der Waals surface area contributed by atoms with Crippen molar-refractivity contribution in [3.05, 3.63) is 54.1 Å². The van der Waals surface area contributed by atoms with Crippen molar-refractivity contribution in [3.63, 3.8) is 0 Å². The third-order valence-electron chi connectivity index (χ3n) is 4.18. The van der Waals surface area contributed by atoms with Crippen LogP contribution in [-0.4, -0.2) is 32.8 Å². The highest BCUT2D eigenvalue weighted by Crippen LogP contribution is 2.31. The van der Waals surface area contributed by atoms with Gasteiger partial charge in [0.25, 0.3) is 0 Å². The Morgan fingerprint density at radius 3 is 2.96 bits per heavy atom. The summed E-state index contributed by atoms with van der Waals surface area (Å²) in [5.41, 5.74) is 7.16. The lowest BCUT2D eigenvalue weighted by molar-refractivity contribution is 0.262. The van der Waals surface area contributed by atoms with Crippen molar-refractivity contribution in [2.24, 2.45) is 10.7 Å². The lowest BCUT2D eigenvalue weighted by Gasteiger charge is -2.26. The monoisotopic (exact) mass is 355 g/mol. The quantitative estimate of drug-likeness (QED) is 0.454. The summed E-state index contributed by atoms with van der Waals surface area (Å²) in [5.74, 6) is 2.94. The van der Waals surface area contributed by atoms with E-state index in [-0.39, 0.29) is 6.04 Å². The second-order valence-electron chi connectivity index (χ2n) is 6.02. The molecular weight excluding hydrogens is 330 g/mol. The van der Waals surface area contributed by atoms with Crippen LogP contribution in [-0.2, 0) is 0 Å². The van der Waals surface area contributed by atoms with Crippen molar-refractivity contribution >= 4 is 5.96 Å². The predicted molar refractivity (Wildman–Crippen MR) is 102 cm³/mol. The van der Waals surface area contributed by atoms with Gasteiger partial charge >= 0.3 is 0 Å². The van der Waals surface area contributed by atoms with Crippen LogP contribution in [0.4, 0.5) is 0 Å². The number of aliphatic imine (C=N–C) groups is 1. The van der Waals surface area contributed by atoms with Crippen LogP contribution in [0.3, 0.4) is 0 Å². The zero-order chi connectivity index (χ0) is 18.2. The molecule has 1 atom stereocenters. The second-order valence-corrected chi connectivity index (χ2v) is 6.02. The Labute approximate surface area is 154 Å². The van der Waals surface area contributed by atoms with Crippen LogP contribution in [0.5, 0.6) is 17.2 Å². The molecular formula is C20H25N3O3. The average molecular weight is 355 g/mol. The van der Waals surface area contributed by atoms with E-state index >= 15 is 0 Å². The summed E-state index contributed by atoms with van der Waals surface area (Å²) in [6.07, 6.45) is 1.65. The number of nitrogens with one attached hydrogen (secondary N) is 1. The number of rotatable bonds is 7. The van der Waals surface area contributed by atoms with Gasteiger partial charge in [-0.3, -0.25) is 4.99 Å². The van der Waals surface area contributed by atoms with E-state index in [1.54, 1.807) is 7.11 Å². The van der Waals surface area contributed by atoms with Gasteiger partial charge < -0.3 is 25.3 Å². The van der Waals surface area contributed by atoms with Crippen LogP contribution >= 0.6 is 0 Å². The molecule has 0 spiro atoms. The Morgan fingerprint density at radius 2 is 2.08 bits per heavy atom. The molecule has 1 aliphatic rings. The van der Waals surface area contributed by atoms with Gasteiger partial charge in [-0.1, -0.05) is 24.3 Å². The minimum absolute atomic E-state index is 0.136. The van der Waals surface area contributed by atoms with E-state index in [1.165, 1.54) is 0 Å². The molecule has 138 valence electrons.